The molecule has 1 aliphatic rings. The molecule has 1 atom stereocenters. The molecule has 2 aromatic rings. The Morgan fingerprint density at radius 1 is 0.875 bits per heavy atom. The molecule has 3 heteroatoms. The van der Waals surface area contributed by atoms with Gasteiger partial charge in [0.15, 0.2) is 0 Å². The van der Waals surface area contributed by atoms with Crippen molar-refractivity contribution in [2.75, 3.05) is 11.5 Å². The number of anilines is 2. The minimum atomic E-state index is -0.589. The Morgan fingerprint density at radius 3 is 2.38 bits per heavy atom. The van der Waals surface area contributed by atoms with Crippen molar-refractivity contribution in [1.82, 2.24) is 0 Å². The zero-order valence-electron chi connectivity index (χ0n) is 8.64. The number of aliphatic hydroxyl groups excluding tert-OH is 1. The maximum absolute atomic E-state index is 10.2. The molecule has 0 bridgehead atoms. The van der Waals surface area contributed by atoms with Crippen molar-refractivity contribution in [3.8, 4) is 11.1 Å². The van der Waals surface area contributed by atoms with E-state index in [1.54, 1.807) is 6.07 Å². The molecule has 0 amide bonds. The molecule has 0 radical (unpaired) electrons. The van der Waals surface area contributed by atoms with E-state index in [9.17, 15) is 5.11 Å². The zero-order valence-corrected chi connectivity index (χ0v) is 8.64. The van der Waals surface area contributed by atoms with Crippen molar-refractivity contribution in [1.29, 1.82) is 0 Å². The average molecular weight is 212 g/mol. The third-order valence-corrected chi connectivity index (χ3v) is 3.10. The van der Waals surface area contributed by atoms with E-state index in [4.69, 9.17) is 11.5 Å². The third-order valence-electron chi connectivity index (χ3n) is 3.10. The van der Waals surface area contributed by atoms with Crippen LogP contribution < -0.4 is 11.5 Å². The highest BCUT2D eigenvalue weighted by Gasteiger charge is 2.27. The van der Waals surface area contributed by atoms with Crippen LogP contribution in [-0.4, -0.2) is 5.11 Å². The van der Waals surface area contributed by atoms with Crippen LogP contribution in [0.3, 0.4) is 0 Å². The summed E-state index contributed by atoms with van der Waals surface area (Å²) in [6, 6.07) is 11.4. The van der Waals surface area contributed by atoms with Crippen molar-refractivity contribution in [2.45, 2.75) is 6.10 Å². The summed E-state index contributed by atoms with van der Waals surface area (Å²) in [5.74, 6) is 0. The first kappa shape index (κ1) is 9.24. The van der Waals surface area contributed by atoms with Crippen molar-refractivity contribution in [3.63, 3.8) is 0 Å². The number of benzene rings is 2. The van der Waals surface area contributed by atoms with Crippen molar-refractivity contribution < 1.29 is 5.11 Å². The maximum Gasteiger partial charge on any atom is 0.105 e. The molecule has 0 spiro atoms. The van der Waals surface area contributed by atoms with Gasteiger partial charge in [-0.05, 0) is 34.4 Å². The van der Waals surface area contributed by atoms with Gasteiger partial charge < -0.3 is 16.6 Å². The largest absolute Gasteiger partial charge is 0.397 e. The van der Waals surface area contributed by atoms with Gasteiger partial charge in [-0.15, -0.1) is 0 Å². The minimum absolute atomic E-state index is 0.519. The van der Waals surface area contributed by atoms with Gasteiger partial charge >= 0.3 is 0 Å². The number of nitrogens with two attached hydrogens (primary N) is 2. The van der Waals surface area contributed by atoms with Gasteiger partial charge in [0.1, 0.15) is 6.10 Å². The zero-order chi connectivity index (χ0) is 11.3. The number of fused-ring (bicyclic) bond motifs is 3. The van der Waals surface area contributed by atoms with Gasteiger partial charge in [0.05, 0.1) is 11.4 Å². The number of nitrogen functional groups attached to an aromatic ring is 2. The Labute approximate surface area is 93.3 Å². The van der Waals surface area contributed by atoms with E-state index in [0.717, 1.165) is 22.3 Å². The number of hydrogen-bond acceptors (Lipinski definition) is 3. The molecule has 0 saturated heterocycles. The Morgan fingerprint density at radius 2 is 1.56 bits per heavy atom. The SMILES string of the molecule is Nc1cc2c(cc1N)C(O)c1ccccc1-2. The molecule has 5 N–H and O–H groups in total. The maximum atomic E-state index is 10.2. The fraction of sp³-hybridized carbons (Fsp3) is 0.0769. The monoisotopic (exact) mass is 212 g/mol. The Balaban J connectivity index is 2.34. The van der Waals surface area contributed by atoms with Crippen molar-refractivity contribution in [3.05, 3.63) is 47.5 Å². The minimum Gasteiger partial charge on any atom is -0.397 e. The van der Waals surface area contributed by atoms with Gasteiger partial charge in [0.25, 0.3) is 0 Å². The quantitative estimate of drug-likeness (QED) is 0.584. The predicted molar refractivity (Wildman–Crippen MR) is 64.8 cm³/mol. The summed E-state index contributed by atoms with van der Waals surface area (Å²) >= 11 is 0. The van der Waals surface area contributed by atoms with Gasteiger partial charge in [-0.2, -0.15) is 0 Å². The second-order valence-electron chi connectivity index (χ2n) is 4.06. The predicted octanol–water partition coefficient (Wildman–Crippen LogP) is 1.91. The molecule has 2 aromatic carbocycles. The molecule has 0 aliphatic heterocycles. The van der Waals surface area contributed by atoms with E-state index in [2.05, 4.69) is 0 Å². The topological polar surface area (TPSA) is 72.3 Å². The van der Waals surface area contributed by atoms with E-state index in [-0.39, 0.29) is 0 Å². The van der Waals surface area contributed by atoms with Gasteiger partial charge in [-0.1, -0.05) is 24.3 Å². The highest BCUT2D eigenvalue weighted by atomic mass is 16.3. The molecule has 0 heterocycles. The van der Waals surface area contributed by atoms with Gasteiger partial charge in [-0.25, -0.2) is 0 Å². The smallest absolute Gasteiger partial charge is 0.105 e. The number of hydrogen-bond donors (Lipinski definition) is 3. The fourth-order valence-corrected chi connectivity index (χ4v) is 2.26. The first-order valence-electron chi connectivity index (χ1n) is 5.14. The van der Waals surface area contributed by atoms with Gasteiger partial charge in [0.2, 0.25) is 0 Å². The molecule has 0 saturated carbocycles. The van der Waals surface area contributed by atoms with E-state index >= 15 is 0 Å². The van der Waals surface area contributed by atoms with Crippen molar-refractivity contribution >= 4 is 11.4 Å². The van der Waals surface area contributed by atoms with E-state index < -0.39 is 6.10 Å². The second kappa shape index (κ2) is 3.00. The van der Waals surface area contributed by atoms with Crippen LogP contribution in [0.1, 0.15) is 17.2 Å². The summed E-state index contributed by atoms with van der Waals surface area (Å²) in [4.78, 5) is 0. The Kier molecular flexibility index (Phi) is 1.73. The molecule has 80 valence electrons. The van der Waals surface area contributed by atoms with Crippen LogP contribution in [0.2, 0.25) is 0 Å². The van der Waals surface area contributed by atoms with Crippen LogP contribution in [-0.2, 0) is 0 Å². The molecule has 0 aromatic heterocycles. The summed E-state index contributed by atoms with van der Waals surface area (Å²) in [6.45, 7) is 0. The molecule has 3 rings (SSSR count). The molecule has 0 fully saturated rings. The number of rotatable bonds is 0. The lowest BCUT2D eigenvalue weighted by Gasteiger charge is -2.07. The molecule has 1 unspecified atom stereocenters. The standard InChI is InChI=1S/C13H12N2O/c14-11-5-9-7-3-1-2-4-8(7)13(16)10(9)6-12(11)15/h1-6,13,16H,14-15H2. The van der Waals surface area contributed by atoms with Crippen LogP contribution >= 0.6 is 0 Å². The Hall–Kier alpha value is -2.00. The lowest BCUT2D eigenvalue weighted by molar-refractivity contribution is 0.225. The highest BCUT2D eigenvalue weighted by Crippen LogP contribution is 2.45. The molecular weight excluding hydrogens is 200 g/mol. The summed E-state index contributed by atoms with van der Waals surface area (Å²) in [5, 5.41) is 10.2. The van der Waals surface area contributed by atoms with Crippen LogP contribution in [0, 0.1) is 0 Å². The second-order valence-corrected chi connectivity index (χ2v) is 4.06. The average Bonchev–Trinajstić information content (AvgIpc) is 2.55. The molecule has 16 heavy (non-hydrogen) atoms. The lowest BCUT2D eigenvalue weighted by Crippen LogP contribution is -1.98. The summed E-state index contributed by atoms with van der Waals surface area (Å²) in [6.07, 6.45) is -0.589. The Bertz CT molecular complexity index is 578. The molecular formula is C13H12N2O. The van der Waals surface area contributed by atoms with Gasteiger partial charge in [-0.3, -0.25) is 0 Å². The van der Waals surface area contributed by atoms with E-state index in [0.29, 0.717) is 11.4 Å². The first-order chi connectivity index (χ1) is 7.68. The number of aliphatic hydroxyl groups is 1. The normalized spacial score (nSPS) is 16.9. The van der Waals surface area contributed by atoms with Crippen LogP contribution in [0.25, 0.3) is 11.1 Å². The van der Waals surface area contributed by atoms with Crippen LogP contribution in [0.5, 0.6) is 0 Å². The summed E-state index contributed by atoms with van der Waals surface area (Å²) in [5.41, 5.74) is 16.4. The highest BCUT2D eigenvalue weighted by molar-refractivity contribution is 5.84. The molecule has 3 nitrogen and oxygen atoms in total. The fourth-order valence-electron chi connectivity index (χ4n) is 2.26. The van der Waals surface area contributed by atoms with Crippen LogP contribution in [0.4, 0.5) is 11.4 Å². The lowest BCUT2D eigenvalue weighted by atomic mass is 10.0. The summed E-state index contributed by atoms with van der Waals surface area (Å²) < 4.78 is 0. The molecule has 1 aliphatic carbocycles. The third kappa shape index (κ3) is 1.06. The summed E-state index contributed by atoms with van der Waals surface area (Å²) in [7, 11) is 0. The van der Waals surface area contributed by atoms with Gasteiger partial charge in [0, 0.05) is 0 Å². The van der Waals surface area contributed by atoms with E-state index in [1.165, 1.54) is 0 Å². The van der Waals surface area contributed by atoms with E-state index in [1.807, 2.05) is 30.3 Å². The first-order valence-corrected chi connectivity index (χ1v) is 5.14. The van der Waals surface area contributed by atoms with Crippen LogP contribution in [0.15, 0.2) is 36.4 Å². The van der Waals surface area contributed by atoms with Crippen molar-refractivity contribution in [2.24, 2.45) is 0 Å².